The van der Waals surface area contributed by atoms with Gasteiger partial charge in [-0.1, -0.05) is 18.2 Å². The van der Waals surface area contributed by atoms with Crippen molar-refractivity contribution < 1.29 is 9.53 Å². The van der Waals surface area contributed by atoms with Crippen LogP contribution in [-0.2, 0) is 4.79 Å². The van der Waals surface area contributed by atoms with Gasteiger partial charge in [0, 0.05) is 24.1 Å². The third kappa shape index (κ3) is 3.38. The van der Waals surface area contributed by atoms with Crippen molar-refractivity contribution >= 4 is 5.91 Å². The van der Waals surface area contributed by atoms with Crippen molar-refractivity contribution in [2.45, 2.75) is 63.8 Å². The molecule has 0 bridgehead atoms. The summed E-state index contributed by atoms with van der Waals surface area (Å²) in [6.07, 6.45) is 3.09. The molecule has 0 aromatic heterocycles. The Morgan fingerprint density at radius 3 is 2.76 bits per heavy atom. The molecule has 1 heterocycles. The van der Waals surface area contributed by atoms with Crippen LogP contribution in [0.3, 0.4) is 0 Å². The highest BCUT2D eigenvalue weighted by molar-refractivity contribution is 5.81. The van der Waals surface area contributed by atoms with Crippen LogP contribution in [0.4, 0.5) is 0 Å². The largest absolute Gasteiger partial charge is 0.487 e. The lowest BCUT2D eigenvalue weighted by Crippen LogP contribution is -2.47. The highest BCUT2D eigenvalue weighted by Gasteiger charge is 2.35. The van der Waals surface area contributed by atoms with E-state index in [0.29, 0.717) is 6.04 Å². The molecule has 1 amide bonds. The van der Waals surface area contributed by atoms with Crippen LogP contribution in [0.5, 0.6) is 5.75 Å². The smallest absolute Gasteiger partial charge is 0.237 e. The molecule has 1 aromatic rings. The highest BCUT2D eigenvalue weighted by atomic mass is 16.5. The van der Waals surface area contributed by atoms with E-state index < -0.39 is 0 Å². The highest BCUT2D eigenvalue weighted by Crippen LogP contribution is 2.39. The molecule has 0 saturated heterocycles. The van der Waals surface area contributed by atoms with Gasteiger partial charge in [0.1, 0.15) is 11.4 Å². The number of hydrogen-bond acceptors (Lipinski definition) is 3. The SMILES string of the molecule is CC(NC1CC(C)(C)Oc2ccccc21)C(=O)NC1CC1. The molecule has 1 aromatic carbocycles. The molecule has 2 N–H and O–H groups in total. The number of hydrogen-bond donors (Lipinski definition) is 2. The zero-order valence-corrected chi connectivity index (χ0v) is 13.0. The van der Waals surface area contributed by atoms with Gasteiger partial charge in [-0.25, -0.2) is 0 Å². The number of fused-ring (bicyclic) bond motifs is 1. The van der Waals surface area contributed by atoms with E-state index in [0.717, 1.165) is 30.6 Å². The van der Waals surface area contributed by atoms with Crippen molar-refractivity contribution in [3.8, 4) is 5.75 Å². The molecule has 0 spiro atoms. The van der Waals surface area contributed by atoms with Gasteiger partial charge < -0.3 is 10.1 Å². The molecule has 3 rings (SSSR count). The fourth-order valence-corrected chi connectivity index (χ4v) is 2.88. The first-order valence-corrected chi connectivity index (χ1v) is 7.79. The predicted octanol–water partition coefficient (Wildman–Crippen LogP) is 2.55. The van der Waals surface area contributed by atoms with E-state index >= 15 is 0 Å². The van der Waals surface area contributed by atoms with Gasteiger partial charge in [-0.3, -0.25) is 10.1 Å². The minimum absolute atomic E-state index is 0.0966. The molecule has 1 fully saturated rings. The summed E-state index contributed by atoms with van der Waals surface area (Å²) in [5, 5.41) is 6.53. The number of para-hydroxylation sites is 1. The van der Waals surface area contributed by atoms with Gasteiger partial charge in [-0.2, -0.15) is 0 Å². The fourth-order valence-electron chi connectivity index (χ4n) is 2.88. The Labute approximate surface area is 126 Å². The van der Waals surface area contributed by atoms with Crippen molar-refractivity contribution in [1.82, 2.24) is 10.6 Å². The number of carbonyl (C=O) groups is 1. The maximum absolute atomic E-state index is 12.1. The van der Waals surface area contributed by atoms with Gasteiger partial charge >= 0.3 is 0 Å². The third-order valence-electron chi connectivity index (χ3n) is 4.14. The first-order valence-electron chi connectivity index (χ1n) is 7.79. The van der Waals surface area contributed by atoms with Gasteiger partial charge in [-0.15, -0.1) is 0 Å². The summed E-state index contributed by atoms with van der Waals surface area (Å²) in [5.41, 5.74) is 0.918. The van der Waals surface area contributed by atoms with E-state index in [4.69, 9.17) is 4.74 Å². The lowest BCUT2D eigenvalue weighted by atomic mass is 9.89. The van der Waals surface area contributed by atoms with Gasteiger partial charge in [-0.05, 0) is 39.7 Å². The number of carbonyl (C=O) groups excluding carboxylic acids is 1. The Morgan fingerprint density at radius 2 is 2.05 bits per heavy atom. The monoisotopic (exact) mass is 288 g/mol. The average molecular weight is 288 g/mol. The molecule has 2 unspecified atom stereocenters. The molecule has 1 saturated carbocycles. The fraction of sp³-hybridized carbons (Fsp3) is 0.588. The van der Waals surface area contributed by atoms with E-state index in [1.54, 1.807) is 0 Å². The first kappa shape index (κ1) is 14.4. The van der Waals surface area contributed by atoms with Gasteiger partial charge in [0.15, 0.2) is 0 Å². The van der Waals surface area contributed by atoms with E-state index in [9.17, 15) is 4.79 Å². The Kier molecular flexibility index (Phi) is 3.66. The molecule has 1 aliphatic carbocycles. The summed E-state index contributed by atoms with van der Waals surface area (Å²) in [5.74, 6) is 1.01. The van der Waals surface area contributed by atoms with Crippen LogP contribution in [0.2, 0.25) is 0 Å². The Balaban J connectivity index is 1.73. The van der Waals surface area contributed by atoms with Gasteiger partial charge in [0.2, 0.25) is 5.91 Å². The van der Waals surface area contributed by atoms with Crippen molar-refractivity contribution in [2.75, 3.05) is 0 Å². The van der Waals surface area contributed by atoms with Gasteiger partial charge in [0.05, 0.1) is 6.04 Å². The number of amides is 1. The van der Waals surface area contributed by atoms with E-state index in [2.05, 4.69) is 30.5 Å². The minimum atomic E-state index is -0.224. The van der Waals surface area contributed by atoms with E-state index in [-0.39, 0.29) is 23.6 Å². The van der Waals surface area contributed by atoms with Crippen LogP contribution in [-0.4, -0.2) is 23.6 Å². The quantitative estimate of drug-likeness (QED) is 0.895. The average Bonchev–Trinajstić information content (AvgIpc) is 3.21. The molecule has 0 radical (unpaired) electrons. The summed E-state index contributed by atoms with van der Waals surface area (Å²) in [6.45, 7) is 6.11. The van der Waals surface area contributed by atoms with Crippen molar-refractivity contribution in [3.63, 3.8) is 0 Å². The topological polar surface area (TPSA) is 50.4 Å². The van der Waals surface area contributed by atoms with Crippen LogP contribution in [0.15, 0.2) is 24.3 Å². The standard InChI is InChI=1S/C17H24N2O2/c1-11(16(20)19-12-8-9-12)18-14-10-17(2,3)21-15-7-5-4-6-13(14)15/h4-7,11-12,14,18H,8-10H2,1-3H3,(H,19,20). The van der Waals surface area contributed by atoms with Crippen LogP contribution in [0.25, 0.3) is 0 Å². The summed E-state index contributed by atoms with van der Waals surface area (Å²) in [4.78, 5) is 12.1. The second kappa shape index (κ2) is 5.34. The molecular formula is C17H24N2O2. The van der Waals surface area contributed by atoms with Crippen LogP contribution >= 0.6 is 0 Å². The number of nitrogens with one attached hydrogen (secondary N) is 2. The Hall–Kier alpha value is -1.55. The maximum atomic E-state index is 12.1. The van der Waals surface area contributed by atoms with Crippen LogP contribution in [0, 0.1) is 0 Å². The predicted molar refractivity (Wildman–Crippen MR) is 82.3 cm³/mol. The number of ether oxygens (including phenoxy) is 1. The lowest BCUT2D eigenvalue weighted by molar-refractivity contribution is -0.123. The van der Waals surface area contributed by atoms with E-state index in [1.165, 1.54) is 0 Å². The molecule has 4 nitrogen and oxygen atoms in total. The second-order valence-corrected chi connectivity index (χ2v) is 6.83. The normalized spacial score (nSPS) is 24.6. The van der Waals surface area contributed by atoms with Crippen molar-refractivity contribution in [2.24, 2.45) is 0 Å². The molecule has 2 aliphatic rings. The molecule has 21 heavy (non-hydrogen) atoms. The summed E-state index contributed by atoms with van der Waals surface area (Å²) >= 11 is 0. The molecular weight excluding hydrogens is 264 g/mol. The zero-order chi connectivity index (χ0) is 15.0. The van der Waals surface area contributed by atoms with E-state index in [1.807, 2.05) is 25.1 Å². The number of benzene rings is 1. The third-order valence-corrected chi connectivity index (χ3v) is 4.14. The zero-order valence-electron chi connectivity index (χ0n) is 13.0. The van der Waals surface area contributed by atoms with Crippen molar-refractivity contribution in [3.05, 3.63) is 29.8 Å². The Morgan fingerprint density at radius 1 is 1.33 bits per heavy atom. The van der Waals surface area contributed by atoms with Crippen LogP contribution in [0.1, 0.15) is 51.6 Å². The maximum Gasteiger partial charge on any atom is 0.237 e. The van der Waals surface area contributed by atoms with Crippen molar-refractivity contribution in [1.29, 1.82) is 0 Å². The molecule has 4 heteroatoms. The number of rotatable bonds is 4. The second-order valence-electron chi connectivity index (χ2n) is 6.83. The minimum Gasteiger partial charge on any atom is -0.487 e. The summed E-state index contributed by atoms with van der Waals surface area (Å²) < 4.78 is 6.03. The Bertz CT molecular complexity index is 537. The summed E-state index contributed by atoms with van der Waals surface area (Å²) in [7, 11) is 0. The first-order chi connectivity index (χ1) is 9.94. The summed E-state index contributed by atoms with van der Waals surface area (Å²) in [6, 6.07) is 8.43. The van der Waals surface area contributed by atoms with Gasteiger partial charge in [0.25, 0.3) is 0 Å². The molecule has 2 atom stereocenters. The van der Waals surface area contributed by atoms with Crippen LogP contribution < -0.4 is 15.4 Å². The lowest BCUT2D eigenvalue weighted by Gasteiger charge is -2.38. The molecule has 114 valence electrons. The molecule has 1 aliphatic heterocycles.